The van der Waals surface area contributed by atoms with Crippen LogP contribution < -0.4 is 0 Å². The minimum absolute atomic E-state index is 0.0568. The average Bonchev–Trinajstić information content (AvgIpc) is 2.55. The standard InChI is InChI=1S/C18H12F2N2/c19-15-4-3-5-16(20)14(15)8-7-13-9-11-22-18(12-13)17-6-1-2-10-21-17/h1-12H/b8-7+. The zero-order chi connectivity index (χ0) is 15.4. The number of nitrogens with zero attached hydrogens (tertiary/aromatic N) is 2. The Morgan fingerprint density at radius 3 is 2.23 bits per heavy atom. The van der Waals surface area contributed by atoms with Crippen LogP contribution in [0.15, 0.2) is 60.9 Å². The van der Waals surface area contributed by atoms with Crippen molar-refractivity contribution in [3.8, 4) is 11.4 Å². The van der Waals surface area contributed by atoms with Crippen LogP contribution in [0.5, 0.6) is 0 Å². The van der Waals surface area contributed by atoms with Gasteiger partial charge in [-0.15, -0.1) is 0 Å². The molecular weight excluding hydrogens is 282 g/mol. The topological polar surface area (TPSA) is 25.8 Å². The van der Waals surface area contributed by atoms with E-state index in [1.807, 2.05) is 24.3 Å². The van der Waals surface area contributed by atoms with Gasteiger partial charge in [0, 0.05) is 18.0 Å². The molecule has 0 spiro atoms. The molecule has 0 unspecified atom stereocenters. The normalized spacial score (nSPS) is 11.0. The summed E-state index contributed by atoms with van der Waals surface area (Å²) < 4.78 is 27.2. The fourth-order valence-corrected chi connectivity index (χ4v) is 2.05. The second-order valence-electron chi connectivity index (χ2n) is 4.66. The Hall–Kier alpha value is -2.88. The van der Waals surface area contributed by atoms with Gasteiger partial charge < -0.3 is 0 Å². The maximum absolute atomic E-state index is 13.6. The van der Waals surface area contributed by atoms with Crippen molar-refractivity contribution in [1.82, 2.24) is 9.97 Å². The second-order valence-corrected chi connectivity index (χ2v) is 4.66. The fourth-order valence-electron chi connectivity index (χ4n) is 2.05. The van der Waals surface area contributed by atoms with Crippen molar-refractivity contribution in [3.63, 3.8) is 0 Å². The van der Waals surface area contributed by atoms with Crippen molar-refractivity contribution in [1.29, 1.82) is 0 Å². The quantitative estimate of drug-likeness (QED) is 0.706. The molecular formula is C18H12F2N2. The first-order valence-corrected chi connectivity index (χ1v) is 6.73. The Balaban J connectivity index is 1.92. The molecule has 0 radical (unpaired) electrons. The summed E-state index contributed by atoms with van der Waals surface area (Å²) >= 11 is 0. The Bertz CT molecular complexity index is 794. The molecule has 1 aromatic carbocycles. The number of rotatable bonds is 3. The molecule has 0 saturated carbocycles. The lowest BCUT2D eigenvalue weighted by Gasteiger charge is -2.01. The van der Waals surface area contributed by atoms with Gasteiger partial charge in [-0.1, -0.05) is 18.2 Å². The highest BCUT2D eigenvalue weighted by molar-refractivity contribution is 5.72. The van der Waals surface area contributed by atoms with Crippen LogP contribution in [0.2, 0.25) is 0 Å². The monoisotopic (exact) mass is 294 g/mol. The van der Waals surface area contributed by atoms with E-state index in [9.17, 15) is 8.78 Å². The minimum Gasteiger partial charge on any atom is -0.255 e. The second kappa shape index (κ2) is 6.26. The number of benzene rings is 1. The first-order chi connectivity index (χ1) is 10.7. The molecule has 0 aliphatic rings. The van der Waals surface area contributed by atoms with E-state index in [-0.39, 0.29) is 5.56 Å². The summed E-state index contributed by atoms with van der Waals surface area (Å²) in [6.07, 6.45) is 6.40. The van der Waals surface area contributed by atoms with Gasteiger partial charge in [0.2, 0.25) is 0 Å². The van der Waals surface area contributed by atoms with Gasteiger partial charge in [0.15, 0.2) is 0 Å². The van der Waals surface area contributed by atoms with Crippen molar-refractivity contribution >= 4 is 12.2 Å². The molecule has 3 aromatic rings. The van der Waals surface area contributed by atoms with Crippen LogP contribution in [0.25, 0.3) is 23.5 Å². The maximum atomic E-state index is 13.6. The van der Waals surface area contributed by atoms with Crippen LogP contribution in [0.4, 0.5) is 8.78 Å². The summed E-state index contributed by atoms with van der Waals surface area (Å²) in [5.74, 6) is -1.18. The fraction of sp³-hybridized carbons (Fsp3) is 0. The Morgan fingerprint density at radius 1 is 0.727 bits per heavy atom. The van der Waals surface area contributed by atoms with Crippen LogP contribution in [0, 0.1) is 11.6 Å². The highest BCUT2D eigenvalue weighted by Gasteiger charge is 2.04. The summed E-state index contributed by atoms with van der Waals surface area (Å²) in [7, 11) is 0. The van der Waals surface area contributed by atoms with Gasteiger partial charge >= 0.3 is 0 Å². The highest BCUT2D eigenvalue weighted by Crippen LogP contribution is 2.18. The summed E-state index contributed by atoms with van der Waals surface area (Å²) in [5, 5.41) is 0. The number of aromatic nitrogens is 2. The van der Waals surface area contributed by atoms with Crippen molar-refractivity contribution < 1.29 is 8.78 Å². The van der Waals surface area contributed by atoms with E-state index < -0.39 is 11.6 Å². The third-order valence-electron chi connectivity index (χ3n) is 3.15. The molecule has 108 valence electrons. The van der Waals surface area contributed by atoms with E-state index >= 15 is 0 Å². The zero-order valence-corrected chi connectivity index (χ0v) is 11.6. The largest absolute Gasteiger partial charge is 0.255 e. The van der Waals surface area contributed by atoms with Crippen LogP contribution in [0.1, 0.15) is 11.1 Å². The lowest BCUT2D eigenvalue weighted by molar-refractivity contribution is 0.579. The van der Waals surface area contributed by atoms with E-state index in [0.29, 0.717) is 5.69 Å². The molecule has 0 fully saturated rings. The molecule has 0 N–H and O–H groups in total. The summed E-state index contributed by atoms with van der Waals surface area (Å²) in [4.78, 5) is 8.49. The molecule has 2 heterocycles. The van der Waals surface area contributed by atoms with Crippen LogP contribution >= 0.6 is 0 Å². The predicted molar refractivity (Wildman–Crippen MR) is 82.8 cm³/mol. The summed E-state index contributed by atoms with van der Waals surface area (Å²) in [6.45, 7) is 0. The lowest BCUT2D eigenvalue weighted by Crippen LogP contribution is -1.88. The van der Waals surface area contributed by atoms with E-state index in [2.05, 4.69) is 9.97 Å². The first-order valence-electron chi connectivity index (χ1n) is 6.73. The maximum Gasteiger partial charge on any atom is 0.133 e. The van der Waals surface area contributed by atoms with Gasteiger partial charge in [-0.2, -0.15) is 0 Å². The first kappa shape index (κ1) is 14.1. The molecule has 0 amide bonds. The third kappa shape index (κ3) is 3.06. The van der Waals surface area contributed by atoms with E-state index in [1.165, 1.54) is 24.3 Å². The SMILES string of the molecule is Fc1cccc(F)c1/C=C/c1ccnc(-c2ccccn2)c1. The predicted octanol–water partition coefficient (Wildman–Crippen LogP) is 4.59. The van der Waals surface area contributed by atoms with Gasteiger partial charge in [0.05, 0.1) is 11.4 Å². The number of hydrogen-bond donors (Lipinski definition) is 0. The highest BCUT2D eigenvalue weighted by atomic mass is 19.1. The van der Waals surface area contributed by atoms with Gasteiger partial charge in [0.1, 0.15) is 11.6 Å². The molecule has 2 aromatic heterocycles. The van der Waals surface area contributed by atoms with E-state index in [4.69, 9.17) is 0 Å². The van der Waals surface area contributed by atoms with E-state index in [0.717, 1.165) is 11.3 Å². The summed E-state index contributed by atoms with van der Waals surface area (Å²) in [5.41, 5.74) is 2.18. The average molecular weight is 294 g/mol. The van der Waals surface area contributed by atoms with Crippen molar-refractivity contribution in [2.75, 3.05) is 0 Å². The molecule has 0 bridgehead atoms. The molecule has 0 aliphatic carbocycles. The number of pyridine rings is 2. The smallest absolute Gasteiger partial charge is 0.133 e. The van der Waals surface area contributed by atoms with Gasteiger partial charge in [0.25, 0.3) is 0 Å². The number of hydrogen-bond acceptors (Lipinski definition) is 2. The lowest BCUT2D eigenvalue weighted by atomic mass is 10.1. The van der Waals surface area contributed by atoms with Crippen LogP contribution in [-0.4, -0.2) is 9.97 Å². The molecule has 3 rings (SSSR count). The van der Waals surface area contributed by atoms with Crippen molar-refractivity contribution in [2.24, 2.45) is 0 Å². The third-order valence-corrected chi connectivity index (χ3v) is 3.15. The Morgan fingerprint density at radius 2 is 1.50 bits per heavy atom. The molecule has 2 nitrogen and oxygen atoms in total. The minimum atomic E-state index is -0.588. The van der Waals surface area contributed by atoms with Gasteiger partial charge in [-0.25, -0.2) is 8.78 Å². The molecule has 0 saturated heterocycles. The molecule has 0 atom stereocenters. The molecule has 4 heteroatoms. The van der Waals surface area contributed by atoms with Crippen molar-refractivity contribution in [3.05, 3.63) is 83.7 Å². The van der Waals surface area contributed by atoms with Gasteiger partial charge in [-0.3, -0.25) is 9.97 Å². The molecule has 22 heavy (non-hydrogen) atoms. The van der Waals surface area contributed by atoms with Crippen LogP contribution in [-0.2, 0) is 0 Å². The Labute approximate surface area is 126 Å². The number of halogens is 2. The Kier molecular flexibility index (Phi) is 4.01. The van der Waals surface area contributed by atoms with E-state index in [1.54, 1.807) is 24.5 Å². The van der Waals surface area contributed by atoms with Crippen LogP contribution in [0.3, 0.4) is 0 Å². The van der Waals surface area contributed by atoms with Gasteiger partial charge in [-0.05, 0) is 48.0 Å². The molecule has 0 aliphatic heterocycles. The summed E-state index contributed by atoms with van der Waals surface area (Å²) in [6, 6.07) is 12.9. The zero-order valence-electron chi connectivity index (χ0n) is 11.6. The van der Waals surface area contributed by atoms with Crippen molar-refractivity contribution in [2.45, 2.75) is 0 Å².